The zero-order chi connectivity index (χ0) is 20.5. The first-order chi connectivity index (χ1) is 14.2. The summed E-state index contributed by atoms with van der Waals surface area (Å²) in [5.74, 6) is 1.23. The predicted octanol–water partition coefficient (Wildman–Crippen LogP) is 6.95. The van der Waals surface area contributed by atoms with Crippen molar-refractivity contribution in [2.45, 2.75) is 52.2 Å². The molecule has 0 spiro atoms. The Hall–Kier alpha value is -1.68. The van der Waals surface area contributed by atoms with Gasteiger partial charge in [0.05, 0.1) is 11.6 Å². The fourth-order valence-corrected chi connectivity index (χ4v) is 3.98. The molecule has 0 saturated carbocycles. The van der Waals surface area contributed by atoms with E-state index in [9.17, 15) is 0 Å². The maximum absolute atomic E-state index is 6.54. The van der Waals surface area contributed by atoms with E-state index < -0.39 is 0 Å². The maximum Gasteiger partial charge on any atom is 0.180 e. The van der Waals surface area contributed by atoms with Gasteiger partial charge in [-0.3, -0.25) is 0 Å². The number of hydrogen-bond donors (Lipinski definition) is 1. The van der Waals surface area contributed by atoms with E-state index in [0.717, 1.165) is 30.6 Å². The molecule has 5 heteroatoms. The third-order valence-electron chi connectivity index (χ3n) is 5.04. The van der Waals surface area contributed by atoms with Crippen molar-refractivity contribution >= 4 is 23.2 Å². The fraction of sp³-hybridized carbons (Fsp3) is 0.417. The van der Waals surface area contributed by atoms with Crippen LogP contribution < -0.4 is 14.8 Å². The van der Waals surface area contributed by atoms with E-state index in [0.29, 0.717) is 34.8 Å². The van der Waals surface area contributed by atoms with Gasteiger partial charge in [-0.15, -0.1) is 0 Å². The summed E-state index contributed by atoms with van der Waals surface area (Å²) >= 11 is 12.8. The standard InChI is InChI=1S/C24H29Cl2NO2/c1-2-28-23-15-19(16-27-13-12-18-8-4-3-5-9-18)14-22(26)24(23)29-17-20-10-6-7-11-21(20)25/h6-8,10-11,14-15,27H,2-5,9,12-13,16-17H2,1H3. The van der Waals surface area contributed by atoms with E-state index in [1.54, 1.807) is 5.57 Å². The Balaban J connectivity index is 1.61. The van der Waals surface area contributed by atoms with Gasteiger partial charge in [0.15, 0.2) is 11.5 Å². The van der Waals surface area contributed by atoms with Gasteiger partial charge in [-0.25, -0.2) is 0 Å². The zero-order valence-corrected chi connectivity index (χ0v) is 18.5. The van der Waals surface area contributed by atoms with Crippen molar-refractivity contribution in [1.29, 1.82) is 0 Å². The largest absolute Gasteiger partial charge is 0.490 e. The first-order valence-corrected chi connectivity index (χ1v) is 11.1. The number of nitrogens with one attached hydrogen (secondary N) is 1. The molecule has 0 aromatic heterocycles. The van der Waals surface area contributed by atoms with Gasteiger partial charge in [0, 0.05) is 17.1 Å². The molecule has 0 fully saturated rings. The van der Waals surface area contributed by atoms with Crippen LogP contribution in [0.3, 0.4) is 0 Å². The van der Waals surface area contributed by atoms with Crippen molar-refractivity contribution in [2.75, 3.05) is 13.2 Å². The van der Waals surface area contributed by atoms with E-state index in [1.165, 1.54) is 25.7 Å². The number of benzene rings is 2. The highest BCUT2D eigenvalue weighted by atomic mass is 35.5. The molecular formula is C24H29Cl2NO2. The number of ether oxygens (including phenoxy) is 2. The van der Waals surface area contributed by atoms with Crippen LogP contribution in [0.1, 0.15) is 50.2 Å². The van der Waals surface area contributed by atoms with Crippen molar-refractivity contribution in [3.05, 3.63) is 69.2 Å². The van der Waals surface area contributed by atoms with Crippen LogP contribution in [-0.2, 0) is 13.2 Å². The molecule has 156 valence electrons. The summed E-state index contributed by atoms with van der Waals surface area (Å²) < 4.78 is 11.8. The molecule has 0 aliphatic heterocycles. The molecule has 1 N–H and O–H groups in total. The second kappa shape index (κ2) is 11.5. The molecule has 3 nitrogen and oxygen atoms in total. The van der Waals surface area contributed by atoms with Crippen molar-refractivity contribution in [3.63, 3.8) is 0 Å². The normalized spacial score (nSPS) is 13.8. The van der Waals surface area contributed by atoms with Crippen LogP contribution >= 0.6 is 23.2 Å². The van der Waals surface area contributed by atoms with E-state index in [1.807, 2.05) is 43.3 Å². The fourth-order valence-electron chi connectivity index (χ4n) is 3.51. The minimum absolute atomic E-state index is 0.339. The second-order valence-corrected chi connectivity index (χ2v) is 8.07. The summed E-state index contributed by atoms with van der Waals surface area (Å²) in [7, 11) is 0. The Morgan fingerprint density at radius 1 is 1.03 bits per heavy atom. The van der Waals surface area contributed by atoms with Crippen molar-refractivity contribution in [1.82, 2.24) is 5.32 Å². The number of halogens is 2. The maximum atomic E-state index is 6.54. The minimum Gasteiger partial charge on any atom is -0.490 e. The molecule has 1 aliphatic rings. The average Bonchev–Trinajstić information content (AvgIpc) is 2.73. The Bertz CT molecular complexity index is 836. The molecule has 29 heavy (non-hydrogen) atoms. The highest BCUT2D eigenvalue weighted by molar-refractivity contribution is 6.32. The van der Waals surface area contributed by atoms with E-state index in [-0.39, 0.29) is 0 Å². The number of rotatable bonds is 10. The van der Waals surface area contributed by atoms with Crippen LogP contribution in [0.4, 0.5) is 0 Å². The summed E-state index contributed by atoms with van der Waals surface area (Å²) in [5, 5.41) is 4.74. The van der Waals surface area contributed by atoms with Crippen LogP contribution in [0, 0.1) is 0 Å². The number of allylic oxidation sites excluding steroid dienone is 1. The summed E-state index contributed by atoms with van der Waals surface area (Å²) in [6.45, 7) is 4.56. The molecule has 2 aromatic rings. The van der Waals surface area contributed by atoms with E-state index >= 15 is 0 Å². The molecule has 1 aliphatic carbocycles. The van der Waals surface area contributed by atoms with Crippen LogP contribution in [0.15, 0.2) is 48.0 Å². The van der Waals surface area contributed by atoms with Crippen LogP contribution in [-0.4, -0.2) is 13.2 Å². The lowest BCUT2D eigenvalue weighted by Crippen LogP contribution is -2.16. The predicted molar refractivity (Wildman–Crippen MR) is 121 cm³/mol. The minimum atomic E-state index is 0.339. The molecule has 2 aromatic carbocycles. The molecule has 0 heterocycles. The molecule has 0 atom stereocenters. The molecule has 0 bridgehead atoms. The second-order valence-electron chi connectivity index (χ2n) is 7.25. The first kappa shape index (κ1) is 22.0. The Morgan fingerprint density at radius 3 is 2.66 bits per heavy atom. The lowest BCUT2D eigenvalue weighted by molar-refractivity contribution is 0.269. The van der Waals surface area contributed by atoms with E-state index in [4.69, 9.17) is 32.7 Å². The van der Waals surface area contributed by atoms with Crippen LogP contribution in [0.2, 0.25) is 10.0 Å². The van der Waals surface area contributed by atoms with E-state index in [2.05, 4.69) is 11.4 Å². The van der Waals surface area contributed by atoms with Gasteiger partial charge in [0.1, 0.15) is 6.61 Å². The Kier molecular flexibility index (Phi) is 8.72. The first-order valence-electron chi connectivity index (χ1n) is 10.4. The molecule has 0 amide bonds. The molecule has 3 rings (SSSR count). The van der Waals surface area contributed by atoms with Gasteiger partial charge in [0.25, 0.3) is 0 Å². The highest BCUT2D eigenvalue weighted by Crippen LogP contribution is 2.37. The summed E-state index contributed by atoms with van der Waals surface area (Å²) in [5.41, 5.74) is 3.58. The molecule has 0 radical (unpaired) electrons. The average molecular weight is 434 g/mol. The van der Waals surface area contributed by atoms with Crippen LogP contribution in [0.25, 0.3) is 0 Å². The quantitative estimate of drug-likeness (QED) is 0.324. The smallest absolute Gasteiger partial charge is 0.180 e. The molecule has 0 saturated heterocycles. The van der Waals surface area contributed by atoms with Crippen LogP contribution in [0.5, 0.6) is 11.5 Å². The Morgan fingerprint density at radius 2 is 1.90 bits per heavy atom. The van der Waals surface area contributed by atoms with Gasteiger partial charge < -0.3 is 14.8 Å². The van der Waals surface area contributed by atoms with Crippen molar-refractivity contribution in [2.24, 2.45) is 0 Å². The third kappa shape index (κ3) is 6.67. The third-order valence-corrected chi connectivity index (χ3v) is 5.69. The molecular weight excluding hydrogens is 405 g/mol. The van der Waals surface area contributed by atoms with Crippen molar-refractivity contribution in [3.8, 4) is 11.5 Å². The topological polar surface area (TPSA) is 30.5 Å². The SMILES string of the molecule is CCOc1cc(CNCCC2=CCCCC2)cc(Cl)c1OCc1ccccc1Cl. The summed E-state index contributed by atoms with van der Waals surface area (Å²) in [4.78, 5) is 0. The molecule has 0 unspecified atom stereocenters. The van der Waals surface area contributed by atoms with Crippen molar-refractivity contribution < 1.29 is 9.47 Å². The van der Waals surface area contributed by atoms with Gasteiger partial charge in [-0.05, 0) is 69.3 Å². The lowest BCUT2D eigenvalue weighted by atomic mass is 9.97. The van der Waals surface area contributed by atoms with Gasteiger partial charge in [-0.2, -0.15) is 0 Å². The van der Waals surface area contributed by atoms with Gasteiger partial charge in [-0.1, -0.05) is 53.1 Å². The summed E-state index contributed by atoms with van der Waals surface area (Å²) in [6.07, 6.45) is 8.67. The summed E-state index contributed by atoms with van der Waals surface area (Å²) in [6, 6.07) is 11.6. The number of hydrogen-bond acceptors (Lipinski definition) is 3. The lowest BCUT2D eigenvalue weighted by Gasteiger charge is -2.16. The monoisotopic (exact) mass is 433 g/mol. The highest BCUT2D eigenvalue weighted by Gasteiger charge is 2.14. The van der Waals surface area contributed by atoms with Gasteiger partial charge in [0.2, 0.25) is 0 Å². The Labute approximate surface area is 184 Å². The zero-order valence-electron chi connectivity index (χ0n) is 17.0. The van der Waals surface area contributed by atoms with Gasteiger partial charge >= 0.3 is 0 Å².